The lowest BCUT2D eigenvalue weighted by atomic mass is 10.2. The first-order chi connectivity index (χ1) is 9.06. The molecule has 1 heterocycles. The molecule has 0 radical (unpaired) electrons. The van der Waals surface area contributed by atoms with E-state index in [1.807, 2.05) is 19.1 Å². The molecule has 6 heteroatoms. The number of alkyl halides is 2. The van der Waals surface area contributed by atoms with E-state index in [2.05, 4.69) is 21.2 Å². The molecule has 0 spiro atoms. The van der Waals surface area contributed by atoms with Gasteiger partial charge in [-0.2, -0.15) is 8.78 Å². The molecule has 0 saturated heterocycles. The molecule has 0 aliphatic rings. The van der Waals surface area contributed by atoms with Gasteiger partial charge in [-0.1, -0.05) is 23.9 Å². The fourth-order valence-electron chi connectivity index (χ4n) is 1.65. The zero-order chi connectivity index (χ0) is 13.8. The van der Waals surface area contributed by atoms with E-state index in [9.17, 15) is 8.78 Å². The Labute approximate surface area is 122 Å². The zero-order valence-corrected chi connectivity index (χ0v) is 12.5. The molecule has 0 bridgehead atoms. The predicted octanol–water partition coefficient (Wildman–Crippen LogP) is 5.53. The molecule has 1 unspecified atom stereocenters. The highest BCUT2D eigenvalue weighted by Crippen LogP contribution is 2.33. The Morgan fingerprint density at radius 3 is 2.58 bits per heavy atom. The van der Waals surface area contributed by atoms with Crippen molar-refractivity contribution in [3.05, 3.63) is 46.8 Å². The molecule has 102 valence electrons. The number of thioether (sulfide) groups is 1. The maximum atomic E-state index is 12.5. The van der Waals surface area contributed by atoms with Gasteiger partial charge in [-0.15, -0.1) is 0 Å². The molecule has 0 amide bonds. The lowest BCUT2D eigenvalue weighted by molar-refractivity contribution is 0.252. The second-order valence-corrected chi connectivity index (χ2v) is 5.70. The van der Waals surface area contributed by atoms with Gasteiger partial charge < -0.3 is 9.73 Å². The van der Waals surface area contributed by atoms with Crippen LogP contribution < -0.4 is 5.32 Å². The van der Waals surface area contributed by atoms with Crippen molar-refractivity contribution >= 4 is 33.4 Å². The number of rotatable bonds is 5. The summed E-state index contributed by atoms with van der Waals surface area (Å²) in [5.74, 6) is -1.69. The minimum absolute atomic E-state index is 0.106. The summed E-state index contributed by atoms with van der Waals surface area (Å²) in [5.41, 5.74) is 0.674. The molecule has 2 aromatic rings. The van der Waals surface area contributed by atoms with Crippen LogP contribution in [0.1, 0.15) is 18.7 Å². The Morgan fingerprint density at radius 2 is 1.95 bits per heavy atom. The van der Waals surface area contributed by atoms with Crippen molar-refractivity contribution in [2.75, 3.05) is 5.32 Å². The van der Waals surface area contributed by atoms with E-state index >= 15 is 0 Å². The number of hydrogen-bond donors (Lipinski definition) is 1. The Morgan fingerprint density at radius 1 is 1.21 bits per heavy atom. The third-order valence-electron chi connectivity index (χ3n) is 2.50. The average molecular weight is 348 g/mol. The lowest BCUT2D eigenvalue weighted by Crippen LogP contribution is -2.06. The second kappa shape index (κ2) is 6.43. The average Bonchev–Trinajstić information content (AvgIpc) is 2.78. The van der Waals surface area contributed by atoms with Crippen molar-refractivity contribution in [3.63, 3.8) is 0 Å². The summed E-state index contributed by atoms with van der Waals surface area (Å²) in [6.45, 7) is 1.91. The van der Waals surface area contributed by atoms with Gasteiger partial charge in [0.05, 0.1) is 6.04 Å². The van der Waals surface area contributed by atoms with E-state index in [4.69, 9.17) is 4.42 Å². The van der Waals surface area contributed by atoms with Crippen LogP contribution in [0.15, 0.2) is 50.4 Å². The van der Waals surface area contributed by atoms with Gasteiger partial charge in [-0.25, -0.2) is 0 Å². The highest BCUT2D eigenvalue weighted by molar-refractivity contribution is 9.10. The summed E-state index contributed by atoms with van der Waals surface area (Å²) in [6, 6.07) is 10.5. The van der Waals surface area contributed by atoms with Crippen molar-refractivity contribution < 1.29 is 13.2 Å². The van der Waals surface area contributed by atoms with Gasteiger partial charge in [0.25, 0.3) is 5.76 Å². The first kappa shape index (κ1) is 14.4. The fraction of sp³-hybridized carbons (Fsp3) is 0.231. The van der Waals surface area contributed by atoms with Crippen molar-refractivity contribution in [2.24, 2.45) is 0 Å². The van der Waals surface area contributed by atoms with E-state index in [1.165, 1.54) is 0 Å². The standard InChI is InChI=1S/C13H12BrF2NOS/c1-8(10-6-7-12(14)18-10)17-9-4-2-3-5-11(9)19-13(15)16/h2-8,13,17H,1H3. The van der Waals surface area contributed by atoms with Crippen LogP contribution in [-0.2, 0) is 0 Å². The second-order valence-electron chi connectivity index (χ2n) is 3.88. The number of furan rings is 1. The molecule has 0 aliphatic carbocycles. The van der Waals surface area contributed by atoms with Crippen LogP contribution in [0.2, 0.25) is 0 Å². The Bertz CT molecular complexity index is 547. The van der Waals surface area contributed by atoms with E-state index in [1.54, 1.807) is 24.3 Å². The molecule has 1 aromatic carbocycles. The van der Waals surface area contributed by atoms with Gasteiger partial charge in [0.1, 0.15) is 5.76 Å². The third-order valence-corrected chi connectivity index (χ3v) is 3.71. The number of anilines is 1. The molecule has 1 atom stereocenters. The number of benzene rings is 1. The summed E-state index contributed by atoms with van der Waals surface area (Å²) in [4.78, 5) is 0.523. The zero-order valence-electron chi connectivity index (χ0n) is 10.1. The van der Waals surface area contributed by atoms with Gasteiger partial charge >= 0.3 is 0 Å². The van der Waals surface area contributed by atoms with Gasteiger partial charge in [-0.3, -0.25) is 0 Å². The number of nitrogens with one attached hydrogen (secondary N) is 1. The first-order valence-electron chi connectivity index (χ1n) is 5.62. The van der Waals surface area contributed by atoms with Gasteiger partial charge in [0.2, 0.25) is 0 Å². The Hall–Kier alpha value is -1.01. The number of halogens is 3. The number of hydrogen-bond acceptors (Lipinski definition) is 3. The van der Waals surface area contributed by atoms with Crippen LogP contribution in [0.3, 0.4) is 0 Å². The van der Waals surface area contributed by atoms with E-state index in [-0.39, 0.29) is 6.04 Å². The molecule has 1 N–H and O–H groups in total. The maximum absolute atomic E-state index is 12.5. The van der Waals surface area contributed by atoms with Crippen molar-refractivity contribution in [2.45, 2.75) is 23.6 Å². The summed E-state index contributed by atoms with van der Waals surface area (Å²) in [7, 11) is 0. The third kappa shape index (κ3) is 3.98. The monoisotopic (exact) mass is 347 g/mol. The summed E-state index contributed by atoms with van der Waals surface area (Å²) >= 11 is 3.77. The molecule has 0 saturated carbocycles. The lowest BCUT2D eigenvalue weighted by Gasteiger charge is -2.16. The summed E-state index contributed by atoms with van der Waals surface area (Å²) in [6.07, 6.45) is 0. The minimum atomic E-state index is -2.43. The van der Waals surface area contributed by atoms with Crippen LogP contribution >= 0.6 is 27.7 Å². The smallest absolute Gasteiger partial charge is 0.288 e. The quantitative estimate of drug-likeness (QED) is 0.719. The van der Waals surface area contributed by atoms with Crippen LogP contribution in [0, 0.1) is 0 Å². The normalized spacial score (nSPS) is 12.7. The van der Waals surface area contributed by atoms with E-state index in [0.717, 1.165) is 5.76 Å². The molecule has 0 fully saturated rings. The van der Waals surface area contributed by atoms with Crippen LogP contribution in [0.5, 0.6) is 0 Å². The predicted molar refractivity (Wildman–Crippen MR) is 76.7 cm³/mol. The summed E-state index contributed by atoms with van der Waals surface area (Å²) < 4.78 is 31.0. The molecule has 1 aromatic heterocycles. The SMILES string of the molecule is CC(Nc1ccccc1SC(F)F)c1ccc(Br)o1. The van der Waals surface area contributed by atoms with E-state index < -0.39 is 5.76 Å². The van der Waals surface area contributed by atoms with Crippen LogP contribution in [0.25, 0.3) is 0 Å². The van der Waals surface area contributed by atoms with Crippen LogP contribution in [-0.4, -0.2) is 5.76 Å². The topological polar surface area (TPSA) is 25.2 Å². The molecule has 19 heavy (non-hydrogen) atoms. The highest BCUT2D eigenvalue weighted by atomic mass is 79.9. The van der Waals surface area contributed by atoms with Gasteiger partial charge in [0.15, 0.2) is 4.67 Å². The van der Waals surface area contributed by atoms with Crippen LogP contribution in [0.4, 0.5) is 14.5 Å². The summed E-state index contributed by atoms with van der Waals surface area (Å²) in [5, 5.41) is 3.18. The number of para-hydroxylation sites is 1. The Kier molecular flexibility index (Phi) is 4.87. The van der Waals surface area contributed by atoms with Gasteiger partial charge in [0, 0.05) is 10.6 Å². The minimum Gasteiger partial charge on any atom is -0.452 e. The van der Waals surface area contributed by atoms with Crippen molar-refractivity contribution in [1.82, 2.24) is 0 Å². The fourth-order valence-corrected chi connectivity index (χ4v) is 2.57. The molecule has 2 rings (SSSR count). The molecular formula is C13H12BrF2NOS. The Balaban J connectivity index is 2.14. The highest BCUT2D eigenvalue weighted by Gasteiger charge is 2.14. The van der Waals surface area contributed by atoms with Gasteiger partial charge in [-0.05, 0) is 47.1 Å². The molecular weight excluding hydrogens is 336 g/mol. The maximum Gasteiger partial charge on any atom is 0.288 e. The van der Waals surface area contributed by atoms with Crippen molar-refractivity contribution in [1.29, 1.82) is 0 Å². The molecule has 0 aliphatic heterocycles. The van der Waals surface area contributed by atoms with E-state index in [0.29, 0.717) is 27.0 Å². The van der Waals surface area contributed by atoms with Crippen molar-refractivity contribution in [3.8, 4) is 0 Å². The first-order valence-corrected chi connectivity index (χ1v) is 7.29. The molecule has 2 nitrogen and oxygen atoms in total. The largest absolute Gasteiger partial charge is 0.452 e.